The third-order valence-electron chi connectivity index (χ3n) is 4.29. The van der Waals surface area contributed by atoms with Crippen molar-refractivity contribution in [2.24, 2.45) is 0 Å². The lowest BCUT2D eigenvalue weighted by atomic mass is 10.1. The second-order valence-electron chi connectivity index (χ2n) is 5.86. The number of rotatable bonds is 7. The molecule has 1 aromatic heterocycles. The average molecular weight is 391 g/mol. The molecule has 0 N–H and O–H groups in total. The van der Waals surface area contributed by atoms with Gasteiger partial charge in [0.1, 0.15) is 6.67 Å². The maximum Gasteiger partial charge on any atom is 0.261 e. The van der Waals surface area contributed by atoms with Gasteiger partial charge in [0, 0.05) is 30.1 Å². The van der Waals surface area contributed by atoms with Crippen molar-refractivity contribution in [3.05, 3.63) is 29.3 Å². The lowest BCUT2D eigenvalue weighted by molar-refractivity contribution is -0.127. The van der Waals surface area contributed by atoms with Crippen molar-refractivity contribution >= 4 is 28.3 Å². The van der Waals surface area contributed by atoms with Crippen molar-refractivity contribution in [2.75, 3.05) is 39.4 Å². The number of carbonyl (C=O) groups is 2. The van der Waals surface area contributed by atoms with Crippen LogP contribution in [0, 0.1) is 0 Å². The van der Waals surface area contributed by atoms with Crippen molar-refractivity contribution < 1.29 is 23.8 Å². The molecule has 0 atom stereocenters. The van der Waals surface area contributed by atoms with Gasteiger partial charge in [0.15, 0.2) is 16.6 Å². The van der Waals surface area contributed by atoms with Crippen LogP contribution in [0.4, 0.5) is 5.13 Å². The Morgan fingerprint density at radius 2 is 1.93 bits per heavy atom. The van der Waals surface area contributed by atoms with Gasteiger partial charge in [-0.1, -0.05) is 0 Å². The van der Waals surface area contributed by atoms with Crippen LogP contribution in [0.1, 0.15) is 23.2 Å². The summed E-state index contributed by atoms with van der Waals surface area (Å²) in [6.45, 7) is 0.783. The minimum atomic E-state index is -0.302. The Morgan fingerprint density at radius 1 is 1.22 bits per heavy atom. The highest BCUT2D eigenvalue weighted by Crippen LogP contribution is 2.38. The van der Waals surface area contributed by atoms with Gasteiger partial charge in [-0.15, -0.1) is 11.3 Å². The minimum absolute atomic E-state index is 0.0363. The molecule has 0 bridgehead atoms. The summed E-state index contributed by atoms with van der Waals surface area (Å²) < 4.78 is 16.0. The zero-order valence-corrected chi connectivity index (χ0v) is 16.2. The minimum Gasteiger partial charge on any atom is -0.493 e. The molecule has 9 heteroatoms. The predicted octanol–water partition coefficient (Wildman–Crippen LogP) is 2.40. The van der Waals surface area contributed by atoms with E-state index < -0.39 is 0 Å². The van der Waals surface area contributed by atoms with Gasteiger partial charge in [-0.25, -0.2) is 4.98 Å². The summed E-state index contributed by atoms with van der Waals surface area (Å²) in [6, 6.07) is 3.19. The smallest absolute Gasteiger partial charge is 0.261 e. The molecule has 8 nitrogen and oxygen atoms in total. The second kappa shape index (κ2) is 8.26. The second-order valence-corrected chi connectivity index (χ2v) is 6.74. The highest BCUT2D eigenvalue weighted by molar-refractivity contribution is 7.13. The Hall–Kier alpha value is -2.81. The number of aromatic nitrogens is 1. The summed E-state index contributed by atoms with van der Waals surface area (Å²) in [5.74, 6) is 0.915. The van der Waals surface area contributed by atoms with E-state index in [1.165, 1.54) is 37.6 Å². The predicted molar refractivity (Wildman–Crippen MR) is 101 cm³/mol. The topological polar surface area (TPSA) is 81.2 Å². The van der Waals surface area contributed by atoms with E-state index in [1.807, 2.05) is 0 Å². The summed E-state index contributed by atoms with van der Waals surface area (Å²) in [7, 11) is 4.49. The number of benzene rings is 1. The Balaban J connectivity index is 1.97. The van der Waals surface area contributed by atoms with Crippen molar-refractivity contribution in [3.63, 3.8) is 0 Å². The maximum absolute atomic E-state index is 13.3. The van der Waals surface area contributed by atoms with E-state index in [9.17, 15) is 9.59 Å². The van der Waals surface area contributed by atoms with E-state index in [0.717, 1.165) is 6.42 Å². The summed E-state index contributed by atoms with van der Waals surface area (Å²) in [5, 5.41) is 2.31. The molecule has 0 unspecified atom stereocenters. The highest BCUT2D eigenvalue weighted by atomic mass is 32.1. The fourth-order valence-electron chi connectivity index (χ4n) is 2.95. The van der Waals surface area contributed by atoms with Crippen molar-refractivity contribution in [1.82, 2.24) is 9.88 Å². The van der Waals surface area contributed by atoms with E-state index in [1.54, 1.807) is 28.6 Å². The summed E-state index contributed by atoms with van der Waals surface area (Å²) in [6.07, 6.45) is 2.92. The number of ether oxygens (including phenoxy) is 3. The van der Waals surface area contributed by atoms with Gasteiger partial charge in [-0.05, 0) is 18.6 Å². The van der Waals surface area contributed by atoms with Gasteiger partial charge in [0.05, 0.1) is 21.3 Å². The van der Waals surface area contributed by atoms with E-state index in [4.69, 9.17) is 14.2 Å². The molecule has 2 amide bonds. The molecule has 1 fully saturated rings. The van der Waals surface area contributed by atoms with Crippen LogP contribution < -0.4 is 19.1 Å². The first-order chi connectivity index (χ1) is 13.1. The Labute approximate surface area is 161 Å². The van der Waals surface area contributed by atoms with Crippen LogP contribution in [0.5, 0.6) is 17.2 Å². The number of carbonyl (C=O) groups excluding carboxylic acids is 2. The van der Waals surface area contributed by atoms with Gasteiger partial charge in [-0.2, -0.15) is 0 Å². The van der Waals surface area contributed by atoms with Crippen molar-refractivity contribution in [1.29, 1.82) is 0 Å². The molecule has 1 saturated heterocycles. The molecule has 0 saturated carbocycles. The molecule has 1 aliphatic rings. The van der Waals surface area contributed by atoms with E-state index in [0.29, 0.717) is 40.9 Å². The Bertz CT molecular complexity index is 799. The fraction of sp³-hybridized carbons (Fsp3) is 0.389. The molecule has 2 aromatic rings. The van der Waals surface area contributed by atoms with Crippen LogP contribution in [0.25, 0.3) is 0 Å². The van der Waals surface area contributed by atoms with Crippen molar-refractivity contribution in [2.45, 2.75) is 12.8 Å². The molecule has 3 rings (SSSR count). The average Bonchev–Trinajstić information content (AvgIpc) is 3.36. The third kappa shape index (κ3) is 3.82. The van der Waals surface area contributed by atoms with Crippen LogP contribution in [-0.4, -0.2) is 56.2 Å². The molecule has 2 heterocycles. The lowest BCUT2D eigenvalue weighted by Crippen LogP contribution is -2.42. The first-order valence-electron chi connectivity index (χ1n) is 8.38. The van der Waals surface area contributed by atoms with Gasteiger partial charge < -0.3 is 19.1 Å². The molecule has 0 radical (unpaired) electrons. The van der Waals surface area contributed by atoms with Crippen LogP contribution in [0.3, 0.4) is 0 Å². The molecule has 144 valence electrons. The molecular formula is C18H21N3O5S. The normalized spacial score (nSPS) is 13.6. The van der Waals surface area contributed by atoms with Gasteiger partial charge in [-0.3, -0.25) is 14.5 Å². The number of amides is 2. The monoisotopic (exact) mass is 391 g/mol. The van der Waals surface area contributed by atoms with E-state index in [2.05, 4.69) is 4.98 Å². The first-order valence-corrected chi connectivity index (χ1v) is 9.26. The number of nitrogens with zero attached hydrogens (tertiary/aromatic N) is 3. The summed E-state index contributed by atoms with van der Waals surface area (Å²) in [4.78, 5) is 32.7. The van der Waals surface area contributed by atoms with Crippen LogP contribution >= 0.6 is 11.3 Å². The van der Waals surface area contributed by atoms with E-state index >= 15 is 0 Å². The maximum atomic E-state index is 13.3. The standard InChI is InChI=1S/C18H21N3O5S/c1-24-13-9-12(10-14(25-2)16(13)26-3)17(23)21(18-19-6-8-27-18)11-20-7-4-5-15(20)22/h6,8-10H,4-5,7,11H2,1-3H3. The summed E-state index contributed by atoms with van der Waals surface area (Å²) >= 11 is 1.34. The van der Waals surface area contributed by atoms with Crippen LogP contribution in [0.2, 0.25) is 0 Å². The number of methoxy groups -OCH3 is 3. The number of thiazole rings is 1. The quantitative estimate of drug-likeness (QED) is 0.721. The highest BCUT2D eigenvalue weighted by Gasteiger charge is 2.29. The zero-order valence-electron chi connectivity index (χ0n) is 15.4. The number of anilines is 1. The molecular weight excluding hydrogens is 370 g/mol. The van der Waals surface area contributed by atoms with Crippen LogP contribution in [-0.2, 0) is 4.79 Å². The number of hydrogen-bond acceptors (Lipinski definition) is 7. The molecule has 0 spiro atoms. The summed E-state index contributed by atoms with van der Waals surface area (Å²) in [5.41, 5.74) is 0.353. The molecule has 1 aromatic carbocycles. The van der Waals surface area contributed by atoms with Gasteiger partial charge in [0.25, 0.3) is 5.91 Å². The van der Waals surface area contributed by atoms with Crippen molar-refractivity contribution in [3.8, 4) is 17.2 Å². The Morgan fingerprint density at radius 3 is 2.41 bits per heavy atom. The Kier molecular flexibility index (Phi) is 5.80. The SMILES string of the molecule is COc1cc(C(=O)N(CN2CCCC2=O)c2nccs2)cc(OC)c1OC. The molecule has 0 aliphatic carbocycles. The van der Waals surface area contributed by atoms with Crippen LogP contribution in [0.15, 0.2) is 23.7 Å². The van der Waals surface area contributed by atoms with E-state index in [-0.39, 0.29) is 18.5 Å². The number of hydrogen-bond donors (Lipinski definition) is 0. The first kappa shape index (κ1) is 19.0. The largest absolute Gasteiger partial charge is 0.493 e. The fourth-order valence-corrected chi connectivity index (χ4v) is 3.58. The third-order valence-corrected chi connectivity index (χ3v) is 5.08. The number of likely N-dealkylation sites (tertiary alicyclic amines) is 1. The van der Waals surface area contributed by atoms with Gasteiger partial charge >= 0.3 is 0 Å². The zero-order chi connectivity index (χ0) is 19.4. The lowest BCUT2D eigenvalue weighted by Gasteiger charge is -2.26. The molecule has 27 heavy (non-hydrogen) atoms. The molecule has 1 aliphatic heterocycles. The van der Waals surface area contributed by atoms with Gasteiger partial charge in [0.2, 0.25) is 11.7 Å².